The van der Waals surface area contributed by atoms with E-state index in [2.05, 4.69) is 12.1 Å². The van der Waals surface area contributed by atoms with Crippen molar-refractivity contribution in [2.45, 2.75) is 38.8 Å². The highest BCUT2D eigenvalue weighted by Crippen LogP contribution is 2.13. The maximum Gasteiger partial charge on any atom is 0.0594 e. The summed E-state index contributed by atoms with van der Waals surface area (Å²) in [5.41, 5.74) is 7.33. The SMILES string of the molecule is CC(C)(O)CCc1ccc(CN)cc1. The minimum atomic E-state index is -0.577. The predicted molar refractivity (Wildman–Crippen MR) is 59.0 cm³/mol. The Labute approximate surface area is 85.8 Å². The molecule has 0 fully saturated rings. The minimum absolute atomic E-state index is 0.577. The summed E-state index contributed by atoms with van der Waals surface area (Å²) in [7, 11) is 0. The molecule has 2 heteroatoms. The Balaban J connectivity index is 2.52. The maximum absolute atomic E-state index is 9.56. The Morgan fingerprint density at radius 3 is 2.07 bits per heavy atom. The molecule has 0 saturated carbocycles. The van der Waals surface area contributed by atoms with E-state index in [0.29, 0.717) is 6.54 Å². The van der Waals surface area contributed by atoms with Crippen molar-refractivity contribution in [3.05, 3.63) is 35.4 Å². The summed E-state index contributed by atoms with van der Waals surface area (Å²) in [5, 5.41) is 9.56. The van der Waals surface area contributed by atoms with E-state index in [1.54, 1.807) is 0 Å². The van der Waals surface area contributed by atoms with Gasteiger partial charge in [0.2, 0.25) is 0 Å². The smallest absolute Gasteiger partial charge is 0.0594 e. The van der Waals surface area contributed by atoms with Gasteiger partial charge in [-0.05, 0) is 37.8 Å². The Kier molecular flexibility index (Phi) is 3.67. The normalized spacial score (nSPS) is 11.7. The zero-order valence-corrected chi connectivity index (χ0v) is 8.96. The highest BCUT2D eigenvalue weighted by molar-refractivity contribution is 5.22. The van der Waals surface area contributed by atoms with E-state index in [1.807, 2.05) is 26.0 Å². The zero-order valence-electron chi connectivity index (χ0n) is 8.96. The Bertz CT molecular complexity index is 271. The first-order valence-corrected chi connectivity index (χ1v) is 5.01. The van der Waals surface area contributed by atoms with Crippen molar-refractivity contribution < 1.29 is 5.11 Å². The van der Waals surface area contributed by atoms with Gasteiger partial charge in [0.1, 0.15) is 0 Å². The van der Waals surface area contributed by atoms with Crippen LogP contribution in [0.2, 0.25) is 0 Å². The van der Waals surface area contributed by atoms with E-state index < -0.39 is 5.60 Å². The van der Waals surface area contributed by atoms with Gasteiger partial charge in [0.25, 0.3) is 0 Å². The lowest BCUT2D eigenvalue weighted by Crippen LogP contribution is -2.19. The van der Waals surface area contributed by atoms with Crippen molar-refractivity contribution >= 4 is 0 Å². The molecular formula is C12H19NO. The van der Waals surface area contributed by atoms with Gasteiger partial charge in [0.15, 0.2) is 0 Å². The minimum Gasteiger partial charge on any atom is -0.390 e. The average Bonchev–Trinajstić information content (AvgIpc) is 2.14. The van der Waals surface area contributed by atoms with Gasteiger partial charge in [0, 0.05) is 6.54 Å². The second kappa shape index (κ2) is 4.58. The zero-order chi connectivity index (χ0) is 10.6. The van der Waals surface area contributed by atoms with Crippen LogP contribution < -0.4 is 5.73 Å². The summed E-state index contributed by atoms with van der Waals surface area (Å²) in [6.07, 6.45) is 1.70. The quantitative estimate of drug-likeness (QED) is 0.766. The first-order chi connectivity index (χ1) is 6.51. The highest BCUT2D eigenvalue weighted by atomic mass is 16.3. The summed E-state index contributed by atoms with van der Waals surface area (Å²) >= 11 is 0. The molecule has 0 unspecified atom stereocenters. The monoisotopic (exact) mass is 193 g/mol. The molecule has 0 aliphatic heterocycles. The molecule has 14 heavy (non-hydrogen) atoms. The van der Waals surface area contributed by atoms with Crippen LogP contribution in [-0.2, 0) is 13.0 Å². The number of aryl methyl sites for hydroxylation is 1. The predicted octanol–water partition coefficient (Wildman–Crippen LogP) is 1.85. The first kappa shape index (κ1) is 11.2. The molecule has 3 N–H and O–H groups in total. The molecule has 0 saturated heterocycles. The summed E-state index contributed by atoms with van der Waals surface area (Å²) in [6.45, 7) is 4.26. The molecule has 1 rings (SSSR count). The van der Waals surface area contributed by atoms with E-state index in [4.69, 9.17) is 5.73 Å². The van der Waals surface area contributed by atoms with Crippen molar-refractivity contribution in [1.29, 1.82) is 0 Å². The molecule has 1 aromatic rings. The van der Waals surface area contributed by atoms with Crippen molar-refractivity contribution in [2.24, 2.45) is 5.73 Å². The van der Waals surface area contributed by atoms with Gasteiger partial charge in [-0.25, -0.2) is 0 Å². The first-order valence-electron chi connectivity index (χ1n) is 5.01. The van der Waals surface area contributed by atoms with Gasteiger partial charge in [-0.3, -0.25) is 0 Å². The fourth-order valence-corrected chi connectivity index (χ4v) is 1.29. The molecule has 2 nitrogen and oxygen atoms in total. The topological polar surface area (TPSA) is 46.2 Å². The van der Waals surface area contributed by atoms with E-state index >= 15 is 0 Å². The molecule has 0 radical (unpaired) electrons. The molecule has 0 aromatic heterocycles. The van der Waals surface area contributed by atoms with Gasteiger partial charge in [-0.15, -0.1) is 0 Å². The van der Waals surface area contributed by atoms with Crippen LogP contribution in [0, 0.1) is 0 Å². The van der Waals surface area contributed by atoms with Crippen LogP contribution in [-0.4, -0.2) is 10.7 Å². The highest BCUT2D eigenvalue weighted by Gasteiger charge is 2.11. The fourth-order valence-electron chi connectivity index (χ4n) is 1.29. The van der Waals surface area contributed by atoms with E-state index in [1.165, 1.54) is 5.56 Å². The third-order valence-corrected chi connectivity index (χ3v) is 2.28. The number of hydrogen-bond acceptors (Lipinski definition) is 2. The molecule has 0 bridgehead atoms. The van der Waals surface area contributed by atoms with E-state index in [0.717, 1.165) is 18.4 Å². The van der Waals surface area contributed by atoms with Crippen LogP contribution in [0.15, 0.2) is 24.3 Å². The van der Waals surface area contributed by atoms with Crippen LogP contribution in [0.4, 0.5) is 0 Å². The number of benzene rings is 1. The van der Waals surface area contributed by atoms with Gasteiger partial charge in [0.05, 0.1) is 5.60 Å². The number of rotatable bonds is 4. The van der Waals surface area contributed by atoms with Crippen molar-refractivity contribution in [3.8, 4) is 0 Å². The number of hydrogen-bond donors (Lipinski definition) is 2. The molecule has 0 aliphatic rings. The summed E-state index contributed by atoms with van der Waals surface area (Å²) in [6, 6.07) is 8.24. The Hall–Kier alpha value is -0.860. The van der Waals surface area contributed by atoms with Crippen molar-refractivity contribution in [1.82, 2.24) is 0 Å². The van der Waals surface area contributed by atoms with E-state index in [9.17, 15) is 5.11 Å². The number of nitrogens with two attached hydrogens (primary N) is 1. The second-order valence-corrected chi connectivity index (χ2v) is 4.33. The molecule has 0 aliphatic carbocycles. The third kappa shape index (κ3) is 3.90. The largest absolute Gasteiger partial charge is 0.390 e. The van der Waals surface area contributed by atoms with Crippen LogP contribution >= 0.6 is 0 Å². The third-order valence-electron chi connectivity index (χ3n) is 2.28. The number of aliphatic hydroxyl groups is 1. The second-order valence-electron chi connectivity index (χ2n) is 4.33. The molecule has 0 atom stereocenters. The van der Waals surface area contributed by atoms with Crippen molar-refractivity contribution in [2.75, 3.05) is 0 Å². The van der Waals surface area contributed by atoms with Crippen molar-refractivity contribution in [3.63, 3.8) is 0 Å². The van der Waals surface area contributed by atoms with Gasteiger partial charge >= 0.3 is 0 Å². The van der Waals surface area contributed by atoms with Crippen LogP contribution in [0.5, 0.6) is 0 Å². The Morgan fingerprint density at radius 2 is 1.64 bits per heavy atom. The van der Waals surface area contributed by atoms with Crippen LogP contribution in [0.25, 0.3) is 0 Å². The molecular weight excluding hydrogens is 174 g/mol. The summed E-state index contributed by atoms with van der Waals surface area (Å²) in [5.74, 6) is 0. The van der Waals surface area contributed by atoms with Crippen LogP contribution in [0.3, 0.4) is 0 Å². The van der Waals surface area contributed by atoms with Gasteiger partial charge in [-0.1, -0.05) is 24.3 Å². The molecule has 0 heterocycles. The van der Waals surface area contributed by atoms with Crippen LogP contribution in [0.1, 0.15) is 31.4 Å². The Morgan fingerprint density at radius 1 is 1.14 bits per heavy atom. The molecule has 0 spiro atoms. The standard InChI is InChI=1S/C12H19NO/c1-12(2,14)8-7-10-3-5-11(9-13)6-4-10/h3-6,14H,7-9,13H2,1-2H3. The maximum atomic E-state index is 9.56. The molecule has 78 valence electrons. The fraction of sp³-hybridized carbons (Fsp3) is 0.500. The summed E-state index contributed by atoms with van der Waals surface area (Å²) in [4.78, 5) is 0. The van der Waals surface area contributed by atoms with Gasteiger partial charge in [-0.2, -0.15) is 0 Å². The molecule has 1 aromatic carbocycles. The lowest BCUT2D eigenvalue weighted by Gasteiger charge is -2.16. The lowest BCUT2D eigenvalue weighted by atomic mass is 9.98. The lowest BCUT2D eigenvalue weighted by molar-refractivity contribution is 0.0714. The summed E-state index contributed by atoms with van der Waals surface area (Å²) < 4.78 is 0. The van der Waals surface area contributed by atoms with Gasteiger partial charge < -0.3 is 10.8 Å². The average molecular weight is 193 g/mol. The van der Waals surface area contributed by atoms with E-state index in [-0.39, 0.29) is 0 Å². The molecule has 0 amide bonds.